The van der Waals surface area contributed by atoms with Crippen LogP contribution in [0.3, 0.4) is 0 Å². The standard InChI is InChI=1S/C18H33N3O2/c1-3-13-20(2)17(22)11-6-12-19-18(23)21-14-7-9-15-8-4-5-10-16(15)21/h15-16H,3-14H2,1-2H3,(H,19,23). The summed E-state index contributed by atoms with van der Waals surface area (Å²) in [4.78, 5) is 28.2. The fourth-order valence-electron chi connectivity index (χ4n) is 4.06. The molecule has 1 heterocycles. The first-order valence-electron chi connectivity index (χ1n) is 9.42. The van der Waals surface area contributed by atoms with E-state index in [0.29, 0.717) is 24.9 Å². The number of likely N-dealkylation sites (tertiary alicyclic amines) is 1. The Morgan fingerprint density at radius 3 is 2.70 bits per heavy atom. The number of hydrogen-bond acceptors (Lipinski definition) is 2. The SMILES string of the molecule is CCCN(C)C(=O)CCCNC(=O)N1CCCC2CCCCC21. The molecule has 5 heteroatoms. The van der Waals surface area contributed by atoms with Crippen molar-refractivity contribution in [3.05, 3.63) is 0 Å². The van der Waals surface area contributed by atoms with Crippen molar-refractivity contribution in [2.24, 2.45) is 5.92 Å². The van der Waals surface area contributed by atoms with Gasteiger partial charge in [0.25, 0.3) is 0 Å². The molecule has 3 amide bonds. The molecule has 23 heavy (non-hydrogen) atoms. The zero-order valence-corrected chi connectivity index (χ0v) is 14.9. The highest BCUT2D eigenvalue weighted by Crippen LogP contribution is 2.35. The minimum Gasteiger partial charge on any atom is -0.346 e. The number of amides is 3. The molecule has 1 saturated carbocycles. The number of nitrogens with one attached hydrogen (secondary N) is 1. The van der Waals surface area contributed by atoms with Crippen molar-refractivity contribution < 1.29 is 9.59 Å². The first-order valence-corrected chi connectivity index (χ1v) is 9.42. The first-order chi connectivity index (χ1) is 11.1. The molecular formula is C18H33N3O2. The van der Waals surface area contributed by atoms with Gasteiger partial charge in [0.05, 0.1) is 0 Å². The van der Waals surface area contributed by atoms with Crippen LogP contribution in [0.15, 0.2) is 0 Å². The third-order valence-electron chi connectivity index (χ3n) is 5.33. The molecule has 132 valence electrons. The first kappa shape index (κ1) is 18.1. The second-order valence-electron chi connectivity index (χ2n) is 7.10. The lowest BCUT2D eigenvalue weighted by Crippen LogP contribution is -2.53. The fraction of sp³-hybridized carbons (Fsp3) is 0.889. The molecule has 0 aromatic carbocycles. The molecule has 0 bridgehead atoms. The van der Waals surface area contributed by atoms with Gasteiger partial charge in [0.15, 0.2) is 0 Å². The van der Waals surface area contributed by atoms with Crippen molar-refractivity contribution in [2.45, 2.75) is 70.8 Å². The summed E-state index contributed by atoms with van der Waals surface area (Å²) in [6, 6.07) is 0.533. The number of carbonyl (C=O) groups excluding carboxylic acids is 2. The second kappa shape index (κ2) is 9.14. The van der Waals surface area contributed by atoms with E-state index in [1.807, 2.05) is 7.05 Å². The van der Waals surface area contributed by atoms with Gasteiger partial charge in [-0.3, -0.25) is 4.79 Å². The maximum Gasteiger partial charge on any atom is 0.317 e. The molecule has 2 rings (SSSR count). The number of rotatable bonds is 6. The van der Waals surface area contributed by atoms with E-state index in [0.717, 1.165) is 32.4 Å². The largest absolute Gasteiger partial charge is 0.346 e. The van der Waals surface area contributed by atoms with Gasteiger partial charge in [-0.05, 0) is 44.4 Å². The number of urea groups is 1. The molecule has 2 aliphatic rings. The summed E-state index contributed by atoms with van der Waals surface area (Å²) >= 11 is 0. The number of piperidine rings is 1. The van der Waals surface area contributed by atoms with Crippen molar-refractivity contribution in [1.82, 2.24) is 15.1 Å². The van der Waals surface area contributed by atoms with Crippen LogP contribution in [0.5, 0.6) is 0 Å². The van der Waals surface area contributed by atoms with Gasteiger partial charge in [-0.2, -0.15) is 0 Å². The van der Waals surface area contributed by atoms with Crippen molar-refractivity contribution in [1.29, 1.82) is 0 Å². The zero-order valence-electron chi connectivity index (χ0n) is 14.9. The molecule has 2 atom stereocenters. The third kappa shape index (κ3) is 5.11. The highest BCUT2D eigenvalue weighted by Gasteiger charge is 2.35. The van der Waals surface area contributed by atoms with Gasteiger partial charge in [0.1, 0.15) is 0 Å². The summed E-state index contributed by atoms with van der Waals surface area (Å²) in [5.74, 6) is 0.888. The highest BCUT2D eigenvalue weighted by atomic mass is 16.2. The van der Waals surface area contributed by atoms with Crippen molar-refractivity contribution in [3.8, 4) is 0 Å². The highest BCUT2D eigenvalue weighted by molar-refractivity contribution is 5.76. The Morgan fingerprint density at radius 2 is 1.91 bits per heavy atom. The van der Waals surface area contributed by atoms with Crippen molar-refractivity contribution >= 4 is 11.9 Å². The number of hydrogen-bond donors (Lipinski definition) is 1. The van der Waals surface area contributed by atoms with Crippen LogP contribution in [0.25, 0.3) is 0 Å². The monoisotopic (exact) mass is 323 g/mol. The Hall–Kier alpha value is -1.26. The summed E-state index contributed by atoms with van der Waals surface area (Å²) in [7, 11) is 1.85. The molecule has 0 aromatic heterocycles. The molecule has 1 aliphatic carbocycles. The van der Waals surface area contributed by atoms with Gasteiger partial charge in [-0.25, -0.2) is 4.79 Å². The average Bonchev–Trinajstić information content (AvgIpc) is 2.58. The number of carbonyl (C=O) groups is 2. The molecule has 1 aliphatic heterocycles. The molecule has 1 saturated heterocycles. The fourth-order valence-corrected chi connectivity index (χ4v) is 4.06. The van der Waals surface area contributed by atoms with Gasteiger partial charge >= 0.3 is 6.03 Å². The molecule has 1 N–H and O–H groups in total. The second-order valence-corrected chi connectivity index (χ2v) is 7.10. The molecular weight excluding hydrogens is 290 g/mol. The Kier molecular flexibility index (Phi) is 7.18. The van der Waals surface area contributed by atoms with Gasteiger partial charge in [-0.1, -0.05) is 19.8 Å². The summed E-state index contributed by atoms with van der Waals surface area (Å²) < 4.78 is 0. The number of nitrogens with zero attached hydrogens (tertiary/aromatic N) is 2. The van der Waals surface area contributed by atoms with E-state index in [1.54, 1.807) is 4.90 Å². The molecule has 2 unspecified atom stereocenters. The van der Waals surface area contributed by atoms with Crippen molar-refractivity contribution in [2.75, 3.05) is 26.7 Å². The lowest BCUT2D eigenvalue weighted by Gasteiger charge is -2.44. The van der Waals surface area contributed by atoms with Crippen LogP contribution < -0.4 is 5.32 Å². The normalized spacial score (nSPS) is 24.0. The van der Waals surface area contributed by atoms with Gasteiger partial charge in [0.2, 0.25) is 5.91 Å². The van der Waals surface area contributed by atoms with E-state index in [-0.39, 0.29) is 11.9 Å². The van der Waals surface area contributed by atoms with E-state index in [4.69, 9.17) is 0 Å². The Labute approximate surface area is 140 Å². The molecule has 0 aromatic rings. The van der Waals surface area contributed by atoms with Gasteiger partial charge in [-0.15, -0.1) is 0 Å². The maximum absolute atomic E-state index is 12.5. The van der Waals surface area contributed by atoms with E-state index in [2.05, 4.69) is 17.1 Å². The smallest absolute Gasteiger partial charge is 0.317 e. The third-order valence-corrected chi connectivity index (χ3v) is 5.33. The molecule has 0 radical (unpaired) electrons. The van der Waals surface area contributed by atoms with Crippen LogP contribution in [0, 0.1) is 5.92 Å². The number of fused-ring (bicyclic) bond motifs is 1. The van der Waals surface area contributed by atoms with Crippen LogP contribution in [0.1, 0.15) is 64.7 Å². The Balaban J connectivity index is 1.69. The predicted molar refractivity (Wildman–Crippen MR) is 92.2 cm³/mol. The van der Waals surface area contributed by atoms with E-state index in [9.17, 15) is 9.59 Å². The summed E-state index contributed by atoms with van der Waals surface area (Å²) in [6.07, 6.45) is 9.67. The summed E-state index contributed by atoms with van der Waals surface area (Å²) in [6.45, 7) is 4.37. The molecule has 5 nitrogen and oxygen atoms in total. The molecule has 0 spiro atoms. The Morgan fingerprint density at radius 1 is 1.17 bits per heavy atom. The lowest BCUT2D eigenvalue weighted by molar-refractivity contribution is -0.130. The lowest BCUT2D eigenvalue weighted by atomic mass is 9.78. The quantitative estimate of drug-likeness (QED) is 0.764. The summed E-state index contributed by atoms with van der Waals surface area (Å²) in [5.41, 5.74) is 0. The zero-order chi connectivity index (χ0) is 16.7. The molecule has 2 fully saturated rings. The van der Waals surface area contributed by atoms with Gasteiger partial charge < -0.3 is 15.1 Å². The van der Waals surface area contributed by atoms with Crippen LogP contribution in [0.4, 0.5) is 4.79 Å². The topological polar surface area (TPSA) is 52.7 Å². The van der Waals surface area contributed by atoms with Crippen LogP contribution >= 0.6 is 0 Å². The van der Waals surface area contributed by atoms with Crippen LogP contribution in [-0.4, -0.2) is 54.5 Å². The Bertz CT molecular complexity index is 398. The van der Waals surface area contributed by atoms with Gasteiger partial charge in [0, 0.05) is 39.1 Å². The minimum absolute atomic E-state index is 0.0796. The van der Waals surface area contributed by atoms with E-state index < -0.39 is 0 Å². The summed E-state index contributed by atoms with van der Waals surface area (Å²) in [5, 5.41) is 3.03. The average molecular weight is 323 g/mol. The van der Waals surface area contributed by atoms with Crippen molar-refractivity contribution in [3.63, 3.8) is 0 Å². The minimum atomic E-state index is 0.0796. The maximum atomic E-state index is 12.5. The predicted octanol–water partition coefficient (Wildman–Crippen LogP) is 3.00. The van der Waals surface area contributed by atoms with E-state index in [1.165, 1.54) is 32.1 Å². The van der Waals surface area contributed by atoms with E-state index >= 15 is 0 Å². The van der Waals surface area contributed by atoms with Crippen LogP contribution in [0.2, 0.25) is 0 Å². The van der Waals surface area contributed by atoms with Crippen LogP contribution in [-0.2, 0) is 4.79 Å².